The normalized spacial score (nSPS) is 15.6. The molecule has 0 heterocycles. The highest BCUT2D eigenvalue weighted by molar-refractivity contribution is 5.79. The van der Waals surface area contributed by atoms with Gasteiger partial charge < -0.3 is 20.1 Å². The molecule has 0 amide bonds. The van der Waals surface area contributed by atoms with Crippen LogP contribution in [0.4, 0.5) is 0 Å². The fourth-order valence-electron chi connectivity index (χ4n) is 3.61. The fourth-order valence-corrected chi connectivity index (χ4v) is 3.61. The lowest BCUT2D eigenvalue weighted by molar-refractivity contribution is 0.146. The highest BCUT2D eigenvalue weighted by Gasteiger charge is 2.38. The van der Waals surface area contributed by atoms with E-state index in [1.165, 1.54) is 24.8 Å². The Morgan fingerprint density at radius 1 is 1.04 bits per heavy atom. The second-order valence-electron chi connectivity index (χ2n) is 7.27. The standard InChI is InChI=1S/C23H31N3O2/c1-24-22(25-17-19-8-6-11-21(16-19)28-15-14-27-2)26-18-23(12-7-13-23)20-9-4-3-5-10-20/h3-6,8-11,16H,7,12-15,17-18H2,1-2H3,(H2,24,25,26). The molecule has 0 saturated heterocycles. The van der Waals surface area contributed by atoms with Crippen LogP contribution in [0.25, 0.3) is 0 Å². The molecule has 0 radical (unpaired) electrons. The van der Waals surface area contributed by atoms with Crippen LogP contribution in [0.3, 0.4) is 0 Å². The van der Waals surface area contributed by atoms with E-state index in [0.29, 0.717) is 19.8 Å². The lowest BCUT2D eigenvalue weighted by atomic mass is 9.64. The zero-order valence-corrected chi connectivity index (χ0v) is 16.9. The van der Waals surface area contributed by atoms with Crippen molar-refractivity contribution >= 4 is 5.96 Å². The van der Waals surface area contributed by atoms with Crippen molar-refractivity contribution in [3.8, 4) is 5.75 Å². The van der Waals surface area contributed by atoms with Crippen LogP contribution in [0.5, 0.6) is 5.75 Å². The third-order valence-electron chi connectivity index (χ3n) is 5.43. The highest BCUT2D eigenvalue weighted by Crippen LogP contribution is 2.43. The van der Waals surface area contributed by atoms with Gasteiger partial charge in [-0.25, -0.2) is 0 Å². The van der Waals surface area contributed by atoms with Crippen LogP contribution in [0.2, 0.25) is 0 Å². The van der Waals surface area contributed by atoms with E-state index >= 15 is 0 Å². The first-order valence-electron chi connectivity index (χ1n) is 9.96. The van der Waals surface area contributed by atoms with Crippen LogP contribution in [0.15, 0.2) is 59.6 Å². The number of nitrogens with one attached hydrogen (secondary N) is 2. The van der Waals surface area contributed by atoms with E-state index < -0.39 is 0 Å². The van der Waals surface area contributed by atoms with Gasteiger partial charge in [0, 0.05) is 32.7 Å². The smallest absolute Gasteiger partial charge is 0.191 e. The summed E-state index contributed by atoms with van der Waals surface area (Å²) >= 11 is 0. The number of methoxy groups -OCH3 is 1. The van der Waals surface area contributed by atoms with Crippen molar-refractivity contribution in [2.45, 2.75) is 31.2 Å². The molecule has 150 valence electrons. The Labute approximate surface area is 168 Å². The predicted octanol–water partition coefficient (Wildman–Crippen LogP) is 3.50. The van der Waals surface area contributed by atoms with Crippen LogP contribution in [0.1, 0.15) is 30.4 Å². The summed E-state index contributed by atoms with van der Waals surface area (Å²) in [6.07, 6.45) is 3.74. The molecule has 0 atom stereocenters. The number of benzene rings is 2. The van der Waals surface area contributed by atoms with Crippen molar-refractivity contribution in [1.29, 1.82) is 0 Å². The second-order valence-corrected chi connectivity index (χ2v) is 7.27. The van der Waals surface area contributed by atoms with Crippen LogP contribution < -0.4 is 15.4 Å². The third-order valence-corrected chi connectivity index (χ3v) is 5.43. The number of nitrogens with zero attached hydrogens (tertiary/aromatic N) is 1. The second kappa shape index (κ2) is 10.1. The molecular weight excluding hydrogens is 350 g/mol. The first-order chi connectivity index (χ1) is 13.8. The Hall–Kier alpha value is -2.53. The average Bonchev–Trinajstić information content (AvgIpc) is 2.71. The number of hydrogen-bond acceptors (Lipinski definition) is 3. The van der Waals surface area contributed by atoms with Crippen molar-refractivity contribution in [2.24, 2.45) is 4.99 Å². The maximum absolute atomic E-state index is 5.68. The molecule has 2 aromatic carbocycles. The van der Waals surface area contributed by atoms with Crippen molar-refractivity contribution < 1.29 is 9.47 Å². The molecule has 2 aromatic rings. The van der Waals surface area contributed by atoms with E-state index in [9.17, 15) is 0 Å². The Kier molecular flexibility index (Phi) is 7.31. The van der Waals surface area contributed by atoms with E-state index in [-0.39, 0.29) is 5.41 Å². The molecule has 0 bridgehead atoms. The SMILES string of the molecule is CN=C(NCc1cccc(OCCOC)c1)NCC1(c2ccccc2)CCC1. The van der Waals surface area contributed by atoms with E-state index in [2.05, 4.69) is 52.0 Å². The van der Waals surface area contributed by atoms with Gasteiger partial charge in [0.2, 0.25) is 0 Å². The Balaban J connectivity index is 1.52. The summed E-state index contributed by atoms with van der Waals surface area (Å²) in [5.41, 5.74) is 2.80. The molecule has 0 unspecified atom stereocenters. The van der Waals surface area contributed by atoms with E-state index in [0.717, 1.165) is 23.8 Å². The Morgan fingerprint density at radius 3 is 2.54 bits per heavy atom. The Morgan fingerprint density at radius 2 is 1.86 bits per heavy atom. The predicted molar refractivity (Wildman–Crippen MR) is 114 cm³/mol. The summed E-state index contributed by atoms with van der Waals surface area (Å²) < 4.78 is 10.7. The minimum absolute atomic E-state index is 0.230. The molecule has 3 rings (SSSR count). The zero-order chi connectivity index (χ0) is 19.7. The summed E-state index contributed by atoms with van der Waals surface area (Å²) in [5, 5.41) is 6.94. The molecule has 0 aliphatic heterocycles. The van der Waals surface area contributed by atoms with Gasteiger partial charge in [-0.15, -0.1) is 0 Å². The lowest BCUT2D eigenvalue weighted by Crippen LogP contribution is -2.48. The van der Waals surface area contributed by atoms with Gasteiger partial charge in [0.05, 0.1) is 6.61 Å². The highest BCUT2D eigenvalue weighted by atomic mass is 16.5. The number of guanidine groups is 1. The molecule has 2 N–H and O–H groups in total. The molecule has 0 spiro atoms. The quantitative estimate of drug-likeness (QED) is 0.397. The molecule has 5 nitrogen and oxygen atoms in total. The van der Waals surface area contributed by atoms with Gasteiger partial charge in [-0.3, -0.25) is 4.99 Å². The van der Waals surface area contributed by atoms with Gasteiger partial charge in [-0.2, -0.15) is 0 Å². The molecule has 5 heteroatoms. The summed E-state index contributed by atoms with van der Waals surface area (Å²) in [6, 6.07) is 18.9. The first kappa shape index (κ1) is 20.2. The summed E-state index contributed by atoms with van der Waals surface area (Å²) in [7, 11) is 3.49. The van der Waals surface area contributed by atoms with Crippen LogP contribution in [0, 0.1) is 0 Å². The van der Waals surface area contributed by atoms with Gasteiger partial charge in [-0.05, 0) is 36.1 Å². The molecule has 1 aliphatic carbocycles. The molecule has 1 fully saturated rings. The van der Waals surface area contributed by atoms with Gasteiger partial charge in [0.25, 0.3) is 0 Å². The molecule has 28 heavy (non-hydrogen) atoms. The van der Waals surface area contributed by atoms with Crippen molar-refractivity contribution in [2.75, 3.05) is 33.9 Å². The molecule has 1 saturated carbocycles. The fraction of sp³-hybridized carbons (Fsp3) is 0.435. The van der Waals surface area contributed by atoms with Crippen LogP contribution >= 0.6 is 0 Å². The minimum Gasteiger partial charge on any atom is -0.491 e. The van der Waals surface area contributed by atoms with Crippen LogP contribution in [-0.4, -0.2) is 39.9 Å². The number of rotatable bonds is 9. The summed E-state index contributed by atoms with van der Waals surface area (Å²) in [5.74, 6) is 1.68. The van der Waals surface area contributed by atoms with Gasteiger partial charge in [-0.1, -0.05) is 48.9 Å². The van der Waals surface area contributed by atoms with Crippen molar-refractivity contribution in [3.05, 3.63) is 65.7 Å². The number of ether oxygens (including phenoxy) is 2. The summed E-state index contributed by atoms with van der Waals surface area (Å²) in [4.78, 5) is 4.39. The van der Waals surface area contributed by atoms with Gasteiger partial charge >= 0.3 is 0 Å². The van der Waals surface area contributed by atoms with Crippen molar-refractivity contribution in [3.63, 3.8) is 0 Å². The van der Waals surface area contributed by atoms with E-state index in [1.807, 2.05) is 25.2 Å². The lowest BCUT2D eigenvalue weighted by Gasteiger charge is -2.43. The van der Waals surface area contributed by atoms with E-state index in [1.54, 1.807) is 7.11 Å². The first-order valence-corrected chi connectivity index (χ1v) is 9.96. The maximum atomic E-state index is 5.68. The molecular formula is C23H31N3O2. The summed E-state index contributed by atoms with van der Waals surface area (Å²) in [6.45, 7) is 2.73. The van der Waals surface area contributed by atoms with E-state index in [4.69, 9.17) is 9.47 Å². The van der Waals surface area contributed by atoms with Gasteiger partial charge in [0.1, 0.15) is 12.4 Å². The topological polar surface area (TPSA) is 54.9 Å². The Bertz CT molecular complexity index is 757. The van der Waals surface area contributed by atoms with Gasteiger partial charge in [0.15, 0.2) is 5.96 Å². The minimum atomic E-state index is 0.230. The zero-order valence-electron chi connectivity index (χ0n) is 16.9. The number of hydrogen-bond donors (Lipinski definition) is 2. The average molecular weight is 382 g/mol. The monoisotopic (exact) mass is 381 g/mol. The maximum Gasteiger partial charge on any atom is 0.191 e. The largest absolute Gasteiger partial charge is 0.491 e. The van der Waals surface area contributed by atoms with Crippen LogP contribution in [-0.2, 0) is 16.7 Å². The van der Waals surface area contributed by atoms with Crippen molar-refractivity contribution in [1.82, 2.24) is 10.6 Å². The molecule has 1 aliphatic rings. The third kappa shape index (κ3) is 5.26. The number of aliphatic imine (C=N–C) groups is 1. The molecule has 0 aromatic heterocycles.